The van der Waals surface area contributed by atoms with Gasteiger partial charge < -0.3 is 5.32 Å². The maximum Gasteiger partial charge on any atom is 0.251 e. The lowest BCUT2D eigenvalue weighted by atomic mass is 10.1. The van der Waals surface area contributed by atoms with Gasteiger partial charge in [0.2, 0.25) is 0 Å². The largest absolute Gasteiger partial charge is 0.345 e. The first-order valence-corrected chi connectivity index (χ1v) is 9.02. The molecule has 25 heavy (non-hydrogen) atoms. The van der Waals surface area contributed by atoms with Crippen molar-refractivity contribution in [3.8, 4) is 0 Å². The SMILES string of the molecule is CC(NC(=O)c1ccc(CSc2ccccn2)cc1)c1cnn(C)c1. The molecule has 1 N–H and O–H groups in total. The van der Waals surface area contributed by atoms with Gasteiger partial charge in [0.15, 0.2) is 0 Å². The summed E-state index contributed by atoms with van der Waals surface area (Å²) >= 11 is 1.68. The third-order valence-corrected chi connectivity index (χ3v) is 4.83. The number of nitrogens with zero attached hydrogens (tertiary/aromatic N) is 3. The van der Waals surface area contributed by atoms with Gasteiger partial charge in [-0.05, 0) is 36.8 Å². The first-order valence-electron chi connectivity index (χ1n) is 8.04. The van der Waals surface area contributed by atoms with Gasteiger partial charge in [-0.1, -0.05) is 18.2 Å². The van der Waals surface area contributed by atoms with Crippen LogP contribution < -0.4 is 5.32 Å². The molecule has 1 atom stereocenters. The molecule has 0 saturated heterocycles. The Bertz CT molecular complexity index is 830. The van der Waals surface area contributed by atoms with Crippen molar-refractivity contribution in [3.63, 3.8) is 0 Å². The average molecular weight is 352 g/mol. The Morgan fingerprint density at radius 2 is 2.04 bits per heavy atom. The Morgan fingerprint density at radius 3 is 2.68 bits per heavy atom. The molecule has 2 heterocycles. The van der Waals surface area contributed by atoms with Crippen molar-refractivity contribution in [2.45, 2.75) is 23.7 Å². The van der Waals surface area contributed by atoms with E-state index in [1.807, 2.05) is 62.6 Å². The van der Waals surface area contributed by atoms with E-state index in [1.54, 1.807) is 28.8 Å². The van der Waals surface area contributed by atoms with Crippen LogP contribution in [0.25, 0.3) is 0 Å². The summed E-state index contributed by atoms with van der Waals surface area (Å²) in [7, 11) is 1.86. The van der Waals surface area contributed by atoms with Crippen LogP contribution in [0, 0.1) is 0 Å². The fourth-order valence-corrected chi connectivity index (χ4v) is 3.19. The van der Waals surface area contributed by atoms with E-state index in [0.717, 1.165) is 21.9 Å². The van der Waals surface area contributed by atoms with Crippen LogP contribution in [0.3, 0.4) is 0 Å². The Labute approximate surface area is 151 Å². The van der Waals surface area contributed by atoms with Gasteiger partial charge >= 0.3 is 0 Å². The summed E-state index contributed by atoms with van der Waals surface area (Å²) < 4.78 is 1.73. The highest BCUT2D eigenvalue weighted by Gasteiger charge is 2.12. The van der Waals surface area contributed by atoms with Crippen LogP contribution in [0.4, 0.5) is 0 Å². The zero-order chi connectivity index (χ0) is 17.6. The van der Waals surface area contributed by atoms with E-state index in [9.17, 15) is 4.79 Å². The monoisotopic (exact) mass is 352 g/mol. The number of hydrogen-bond donors (Lipinski definition) is 1. The molecule has 128 valence electrons. The number of carbonyl (C=O) groups is 1. The zero-order valence-corrected chi connectivity index (χ0v) is 15.0. The summed E-state index contributed by atoms with van der Waals surface area (Å²) in [4.78, 5) is 16.7. The number of amides is 1. The molecule has 0 aliphatic heterocycles. The molecule has 2 aromatic heterocycles. The van der Waals surface area contributed by atoms with Crippen molar-refractivity contribution in [3.05, 3.63) is 77.7 Å². The first kappa shape index (κ1) is 17.2. The molecule has 3 aromatic rings. The van der Waals surface area contributed by atoms with Crippen molar-refractivity contribution in [1.82, 2.24) is 20.1 Å². The molecule has 5 nitrogen and oxygen atoms in total. The Kier molecular flexibility index (Phi) is 5.50. The Balaban J connectivity index is 1.57. The summed E-state index contributed by atoms with van der Waals surface area (Å²) in [6.45, 7) is 1.95. The van der Waals surface area contributed by atoms with E-state index < -0.39 is 0 Å². The summed E-state index contributed by atoms with van der Waals surface area (Å²) in [5, 5.41) is 8.12. The Morgan fingerprint density at radius 1 is 1.24 bits per heavy atom. The second-order valence-corrected chi connectivity index (χ2v) is 6.79. The van der Waals surface area contributed by atoms with Crippen LogP contribution in [0.5, 0.6) is 0 Å². The van der Waals surface area contributed by atoms with Crippen molar-refractivity contribution >= 4 is 17.7 Å². The number of nitrogens with one attached hydrogen (secondary N) is 1. The quantitative estimate of drug-likeness (QED) is 0.689. The average Bonchev–Trinajstić information content (AvgIpc) is 3.08. The van der Waals surface area contributed by atoms with Crippen molar-refractivity contribution in [2.24, 2.45) is 7.05 Å². The predicted octanol–water partition coefficient (Wildman–Crippen LogP) is 3.60. The first-order chi connectivity index (χ1) is 12.1. The predicted molar refractivity (Wildman–Crippen MR) is 99.3 cm³/mol. The molecule has 0 fully saturated rings. The molecule has 1 amide bonds. The highest BCUT2D eigenvalue weighted by Crippen LogP contribution is 2.20. The number of aromatic nitrogens is 3. The molecule has 1 aromatic carbocycles. The third kappa shape index (κ3) is 4.70. The van der Waals surface area contributed by atoms with Gasteiger partial charge in [-0.3, -0.25) is 9.48 Å². The number of benzene rings is 1. The van der Waals surface area contributed by atoms with Gasteiger partial charge in [0.25, 0.3) is 5.91 Å². The topological polar surface area (TPSA) is 59.8 Å². The van der Waals surface area contributed by atoms with Crippen LogP contribution in [0.1, 0.15) is 34.5 Å². The molecule has 0 spiro atoms. The van der Waals surface area contributed by atoms with Gasteiger partial charge in [0, 0.05) is 36.3 Å². The van der Waals surface area contributed by atoms with Crippen LogP contribution in [-0.4, -0.2) is 20.7 Å². The summed E-state index contributed by atoms with van der Waals surface area (Å²) in [5.74, 6) is 0.741. The standard InChI is InChI=1S/C19H20N4OS/c1-14(17-11-21-23(2)12-17)22-19(24)16-8-6-15(7-9-16)13-25-18-5-3-4-10-20-18/h3-12,14H,13H2,1-2H3,(H,22,24). The molecule has 0 saturated carbocycles. The molecule has 0 aliphatic rings. The van der Waals surface area contributed by atoms with E-state index in [2.05, 4.69) is 15.4 Å². The normalized spacial score (nSPS) is 11.9. The highest BCUT2D eigenvalue weighted by molar-refractivity contribution is 7.98. The molecule has 0 bridgehead atoms. The minimum atomic E-state index is -0.0831. The van der Waals surface area contributed by atoms with E-state index in [1.165, 1.54) is 0 Å². The minimum Gasteiger partial charge on any atom is -0.345 e. The number of thioether (sulfide) groups is 1. The van der Waals surface area contributed by atoms with Crippen molar-refractivity contribution in [1.29, 1.82) is 0 Å². The molecular formula is C19H20N4OS. The number of carbonyl (C=O) groups excluding carboxylic acids is 1. The van der Waals surface area contributed by atoms with Gasteiger partial charge in [0.1, 0.15) is 0 Å². The number of rotatable bonds is 6. The number of hydrogen-bond acceptors (Lipinski definition) is 4. The molecule has 0 aliphatic carbocycles. The van der Waals surface area contributed by atoms with E-state index in [0.29, 0.717) is 5.56 Å². The van der Waals surface area contributed by atoms with Gasteiger partial charge in [-0.25, -0.2) is 4.98 Å². The van der Waals surface area contributed by atoms with E-state index >= 15 is 0 Å². The fourth-order valence-electron chi connectivity index (χ4n) is 2.37. The molecule has 6 heteroatoms. The maximum atomic E-state index is 12.4. The van der Waals surface area contributed by atoms with Gasteiger partial charge in [-0.15, -0.1) is 11.8 Å². The van der Waals surface area contributed by atoms with E-state index in [4.69, 9.17) is 0 Å². The Hall–Kier alpha value is -2.60. The summed E-state index contributed by atoms with van der Waals surface area (Å²) in [6, 6.07) is 13.5. The molecule has 1 unspecified atom stereocenters. The van der Waals surface area contributed by atoms with Crippen molar-refractivity contribution in [2.75, 3.05) is 0 Å². The van der Waals surface area contributed by atoms with Crippen LogP contribution in [0.2, 0.25) is 0 Å². The number of pyridine rings is 1. The highest BCUT2D eigenvalue weighted by atomic mass is 32.2. The summed E-state index contributed by atoms with van der Waals surface area (Å²) in [6.07, 6.45) is 5.46. The van der Waals surface area contributed by atoms with Crippen LogP contribution in [-0.2, 0) is 12.8 Å². The van der Waals surface area contributed by atoms with Crippen LogP contribution >= 0.6 is 11.8 Å². The van der Waals surface area contributed by atoms with Gasteiger partial charge in [-0.2, -0.15) is 5.10 Å². The maximum absolute atomic E-state index is 12.4. The zero-order valence-electron chi connectivity index (χ0n) is 14.2. The summed E-state index contributed by atoms with van der Waals surface area (Å²) in [5.41, 5.74) is 2.80. The lowest BCUT2D eigenvalue weighted by Gasteiger charge is -2.12. The van der Waals surface area contributed by atoms with E-state index in [-0.39, 0.29) is 11.9 Å². The molecular weight excluding hydrogens is 332 g/mol. The molecule has 3 rings (SSSR count). The second kappa shape index (κ2) is 7.98. The smallest absolute Gasteiger partial charge is 0.251 e. The fraction of sp³-hybridized carbons (Fsp3) is 0.211. The lowest BCUT2D eigenvalue weighted by Crippen LogP contribution is -2.26. The molecule has 0 radical (unpaired) electrons. The van der Waals surface area contributed by atoms with Gasteiger partial charge in [0.05, 0.1) is 17.3 Å². The van der Waals surface area contributed by atoms with Crippen molar-refractivity contribution < 1.29 is 4.79 Å². The lowest BCUT2D eigenvalue weighted by molar-refractivity contribution is 0.0940. The third-order valence-electron chi connectivity index (χ3n) is 3.81. The van der Waals surface area contributed by atoms with Crippen LogP contribution in [0.15, 0.2) is 66.1 Å². The number of aryl methyl sites for hydroxylation is 1. The second-order valence-electron chi connectivity index (χ2n) is 5.80. The minimum absolute atomic E-state index is 0.0828.